The average Bonchev–Trinajstić information content (AvgIpc) is 3.17. The van der Waals surface area contributed by atoms with Crippen molar-refractivity contribution in [2.75, 3.05) is 6.54 Å². The highest BCUT2D eigenvalue weighted by Gasteiger charge is 2.32. The highest BCUT2D eigenvalue weighted by Crippen LogP contribution is 2.36. The maximum Gasteiger partial charge on any atom is 0.335 e. The number of carbonyl (C=O) groups is 2. The number of amidine groups is 1. The van der Waals surface area contributed by atoms with E-state index in [-0.39, 0.29) is 29.5 Å². The van der Waals surface area contributed by atoms with Gasteiger partial charge in [-0.3, -0.25) is 19.8 Å². The number of nitrogens with zero attached hydrogens (tertiary/aromatic N) is 3. The number of benzene rings is 3. The molecule has 1 fully saturated rings. The molecule has 4 rings (SSSR count). The lowest BCUT2D eigenvalue weighted by molar-refractivity contribution is -0.386. The fraction of sp³-hybridized carbons (Fsp3) is 0.115. The summed E-state index contributed by atoms with van der Waals surface area (Å²) in [6.45, 7) is 2.34. The Morgan fingerprint density at radius 2 is 1.92 bits per heavy atom. The molecule has 1 N–H and O–H groups in total. The minimum atomic E-state index is -1.07. The van der Waals surface area contributed by atoms with Gasteiger partial charge in [-0.1, -0.05) is 42.5 Å². The molecule has 1 heterocycles. The smallest absolute Gasteiger partial charge is 0.335 e. The topological polar surface area (TPSA) is 122 Å². The summed E-state index contributed by atoms with van der Waals surface area (Å²) in [7, 11) is 0. The van der Waals surface area contributed by atoms with Crippen LogP contribution in [0.2, 0.25) is 0 Å². The molecule has 0 aromatic heterocycles. The first kappa shape index (κ1) is 24.7. The zero-order valence-corrected chi connectivity index (χ0v) is 20.0. The number of thioether (sulfide) groups is 1. The molecule has 1 amide bonds. The van der Waals surface area contributed by atoms with Crippen molar-refractivity contribution in [3.63, 3.8) is 0 Å². The third-order valence-corrected chi connectivity index (χ3v) is 6.24. The van der Waals surface area contributed by atoms with E-state index in [1.54, 1.807) is 31.2 Å². The van der Waals surface area contributed by atoms with Gasteiger partial charge in [0.05, 0.1) is 21.1 Å². The van der Waals surface area contributed by atoms with Crippen LogP contribution in [0.3, 0.4) is 0 Å². The Balaban J connectivity index is 1.59. The van der Waals surface area contributed by atoms with E-state index in [9.17, 15) is 24.8 Å². The molecule has 9 nitrogen and oxygen atoms in total. The molecule has 182 valence electrons. The highest BCUT2D eigenvalue weighted by molar-refractivity contribution is 8.18. The number of likely N-dealkylation sites (N-methyl/N-ethyl adjacent to an activating group) is 1. The molecular weight excluding hydrogens is 482 g/mol. The van der Waals surface area contributed by atoms with Crippen molar-refractivity contribution in [3.05, 3.63) is 105 Å². The number of nitro groups is 1. The van der Waals surface area contributed by atoms with E-state index >= 15 is 0 Å². The highest BCUT2D eigenvalue weighted by atomic mass is 32.2. The number of hydrogen-bond acceptors (Lipinski definition) is 7. The Morgan fingerprint density at radius 3 is 2.61 bits per heavy atom. The maximum absolute atomic E-state index is 13.0. The summed E-state index contributed by atoms with van der Waals surface area (Å²) < 4.78 is 5.67. The monoisotopic (exact) mass is 503 g/mol. The van der Waals surface area contributed by atoms with Crippen LogP contribution in [0.5, 0.6) is 5.75 Å². The van der Waals surface area contributed by atoms with E-state index in [0.29, 0.717) is 27.9 Å². The molecule has 0 spiro atoms. The molecule has 1 aliphatic heterocycles. The minimum Gasteiger partial charge on any atom is -0.482 e. The first-order valence-corrected chi connectivity index (χ1v) is 11.8. The standard InChI is InChI=1S/C26H21N3O6S/c1-2-28-24(30)23(36-26(28)27-20-10-6-9-19(15-20)25(31)32)14-18-11-12-22(21(13-18)29(33)34)35-16-17-7-4-3-5-8-17/h3-15H,2,16H2,1H3,(H,31,32)/b23-14+,27-26?. The van der Waals surface area contributed by atoms with Crippen LogP contribution in [0.25, 0.3) is 6.08 Å². The molecular formula is C26H21N3O6S. The van der Waals surface area contributed by atoms with Crippen molar-refractivity contribution in [3.8, 4) is 5.75 Å². The van der Waals surface area contributed by atoms with Gasteiger partial charge in [0.2, 0.25) is 0 Å². The van der Waals surface area contributed by atoms with Gasteiger partial charge in [-0.05, 0) is 60.2 Å². The molecule has 3 aromatic rings. The van der Waals surface area contributed by atoms with Crippen LogP contribution < -0.4 is 4.74 Å². The van der Waals surface area contributed by atoms with Crippen LogP contribution in [0.4, 0.5) is 11.4 Å². The second kappa shape index (κ2) is 10.9. The summed E-state index contributed by atoms with van der Waals surface area (Å²) >= 11 is 1.12. The molecule has 1 saturated heterocycles. The van der Waals surface area contributed by atoms with Crippen LogP contribution in [0.1, 0.15) is 28.4 Å². The van der Waals surface area contributed by atoms with Gasteiger partial charge in [0, 0.05) is 12.6 Å². The van der Waals surface area contributed by atoms with Gasteiger partial charge >= 0.3 is 11.7 Å². The molecule has 1 aliphatic rings. The number of carbonyl (C=O) groups excluding carboxylic acids is 1. The fourth-order valence-electron chi connectivity index (χ4n) is 3.46. The summed E-state index contributed by atoms with van der Waals surface area (Å²) in [5.74, 6) is -1.23. The van der Waals surface area contributed by atoms with Crippen molar-refractivity contribution < 1.29 is 24.4 Å². The van der Waals surface area contributed by atoms with Crippen LogP contribution in [-0.2, 0) is 11.4 Å². The van der Waals surface area contributed by atoms with Gasteiger partial charge < -0.3 is 9.84 Å². The van der Waals surface area contributed by atoms with Gasteiger partial charge in [0.25, 0.3) is 5.91 Å². The van der Waals surface area contributed by atoms with Crippen molar-refractivity contribution in [2.24, 2.45) is 4.99 Å². The SMILES string of the molecule is CCN1C(=O)/C(=C\c2ccc(OCc3ccccc3)c([N+](=O)[O-])c2)SC1=Nc1cccc(C(=O)O)c1. The van der Waals surface area contributed by atoms with Gasteiger partial charge in [-0.15, -0.1) is 0 Å². The minimum absolute atomic E-state index is 0.0897. The number of aliphatic imine (C=N–C) groups is 1. The van der Waals surface area contributed by atoms with Crippen molar-refractivity contribution in [2.45, 2.75) is 13.5 Å². The molecule has 0 aliphatic carbocycles. The van der Waals surface area contributed by atoms with Gasteiger partial charge in [-0.2, -0.15) is 0 Å². The predicted molar refractivity (Wildman–Crippen MR) is 137 cm³/mol. The predicted octanol–water partition coefficient (Wildman–Crippen LogP) is 5.50. The summed E-state index contributed by atoms with van der Waals surface area (Å²) in [4.78, 5) is 41.6. The number of carboxylic acid groups (broad SMARTS) is 1. The van der Waals surface area contributed by atoms with Gasteiger partial charge in [-0.25, -0.2) is 9.79 Å². The van der Waals surface area contributed by atoms with Gasteiger partial charge in [0.1, 0.15) is 6.61 Å². The fourth-order valence-corrected chi connectivity index (χ4v) is 4.53. The van der Waals surface area contributed by atoms with E-state index in [1.807, 2.05) is 30.3 Å². The Morgan fingerprint density at radius 1 is 1.14 bits per heavy atom. The number of rotatable bonds is 8. The van der Waals surface area contributed by atoms with Crippen LogP contribution in [-0.4, -0.2) is 38.5 Å². The molecule has 3 aromatic carbocycles. The Hall–Kier alpha value is -4.44. The van der Waals surface area contributed by atoms with Crippen LogP contribution >= 0.6 is 11.8 Å². The number of nitro benzene ring substituents is 1. The Bertz CT molecular complexity index is 1390. The quantitative estimate of drug-likeness (QED) is 0.245. The second-order valence-electron chi connectivity index (χ2n) is 7.67. The zero-order chi connectivity index (χ0) is 25.7. The lowest BCUT2D eigenvalue weighted by Gasteiger charge is -2.12. The maximum atomic E-state index is 13.0. The Kier molecular flexibility index (Phi) is 7.45. The molecule has 0 radical (unpaired) electrons. The van der Waals surface area contributed by atoms with Gasteiger partial charge in [0.15, 0.2) is 10.9 Å². The van der Waals surface area contributed by atoms with Crippen LogP contribution in [0.15, 0.2) is 82.7 Å². The first-order valence-electron chi connectivity index (χ1n) is 10.9. The van der Waals surface area contributed by atoms with E-state index in [1.165, 1.54) is 29.2 Å². The molecule has 0 bridgehead atoms. The Labute approximate surface area is 210 Å². The van der Waals surface area contributed by atoms with E-state index in [2.05, 4.69) is 4.99 Å². The average molecular weight is 504 g/mol. The number of carboxylic acids is 1. The van der Waals surface area contributed by atoms with Crippen molar-refractivity contribution >= 4 is 46.3 Å². The lowest BCUT2D eigenvalue weighted by atomic mass is 10.1. The summed E-state index contributed by atoms with van der Waals surface area (Å²) in [5.41, 5.74) is 1.64. The zero-order valence-electron chi connectivity index (χ0n) is 19.2. The third kappa shape index (κ3) is 5.61. The number of ether oxygens (including phenoxy) is 1. The van der Waals surface area contributed by atoms with Crippen molar-refractivity contribution in [1.29, 1.82) is 0 Å². The molecule has 0 unspecified atom stereocenters. The number of hydrogen-bond donors (Lipinski definition) is 1. The lowest BCUT2D eigenvalue weighted by Crippen LogP contribution is -2.28. The third-order valence-electron chi connectivity index (χ3n) is 5.24. The largest absolute Gasteiger partial charge is 0.482 e. The van der Waals surface area contributed by atoms with Crippen molar-refractivity contribution in [1.82, 2.24) is 4.90 Å². The molecule has 0 saturated carbocycles. The van der Waals surface area contributed by atoms with Crippen LogP contribution in [0, 0.1) is 10.1 Å². The number of amides is 1. The number of aromatic carboxylic acids is 1. The molecule has 36 heavy (non-hydrogen) atoms. The molecule has 0 atom stereocenters. The first-order chi connectivity index (χ1) is 17.4. The van der Waals surface area contributed by atoms with E-state index in [4.69, 9.17) is 4.74 Å². The molecule has 10 heteroatoms. The second-order valence-corrected chi connectivity index (χ2v) is 8.68. The summed E-state index contributed by atoms with van der Waals surface area (Å²) in [6.07, 6.45) is 1.57. The normalized spacial score (nSPS) is 15.5. The van der Waals surface area contributed by atoms with E-state index < -0.39 is 10.9 Å². The van der Waals surface area contributed by atoms with E-state index in [0.717, 1.165) is 17.3 Å². The summed E-state index contributed by atoms with van der Waals surface area (Å²) in [5, 5.41) is 21.3. The summed E-state index contributed by atoms with van der Waals surface area (Å²) in [6, 6.07) is 20.0.